The molecule has 110 valence electrons. The van der Waals surface area contributed by atoms with Gasteiger partial charge in [-0.15, -0.1) is 0 Å². The molecule has 1 aromatic carbocycles. The molecule has 1 amide bonds. The van der Waals surface area contributed by atoms with Gasteiger partial charge in [-0.05, 0) is 23.8 Å². The van der Waals surface area contributed by atoms with Crippen LogP contribution in [0.4, 0.5) is 0 Å². The van der Waals surface area contributed by atoms with Crippen molar-refractivity contribution < 1.29 is 7.65 Å². The summed E-state index contributed by atoms with van der Waals surface area (Å²) < 4.78 is 1.54. The Labute approximate surface area is 124 Å². The highest BCUT2D eigenvalue weighted by atomic mass is 16.1. The monoisotopic (exact) mass is 285 g/mol. The summed E-state index contributed by atoms with van der Waals surface area (Å²) in [5.41, 5.74) is 2.91. The van der Waals surface area contributed by atoms with Crippen LogP contribution in [0.3, 0.4) is 0 Å². The number of aromatic nitrogens is 2. The second kappa shape index (κ2) is 4.94. The number of carbonyl (C=O) groups excluding carboxylic acids is 1. The minimum absolute atomic E-state index is 0. The van der Waals surface area contributed by atoms with Gasteiger partial charge in [0, 0.05) is 45.9 Å². The van der Waals surface area contributed by atoms with Gasteiger partial charge in [-0.1, -0.05) is 12.1 Å². The number of nitrogens with zero attached hydrogens (tertiary/aromatic N) is 1. The first-order valence-corrected chi connectivity index (χ1v) is 6.61. The minimum Gasteiger partial charge on any atom is -0.357 e. The fourth-order valence-electron chi connectivity index (χ4n) is 2.47. The molecule has 0 bridgehead atoms. The Morgan fingerprint density at radius 2 is 2.14 bits per heavy atom. The molecule has 0 aliphatic heterocycles. The average Bonchev–Trinajstić information content (AvgIpc) is 3.00. The maximum absolute atomic E-state index is 12.1. The molecule has 2 aromatic heterocycles. The van der Waals surface area contributed by atoms with Gasteiger partial charge in [-0.3, -0.25) is 9.59 Å². The van der Waals surface area contributed by atoms with Gasteiger partial charge in [0.1, 0.15) is 5.52 Å². The van der Waals surface area contributed by atoms with E-state index in [9.17, 15) is 9.59 Å². The van der Waals surface area contributed by atoms with E-state index in [1.807, 2.05) is 24.3 Å². The third kappa shape index (κ3) is 2.12. The first-order valence-electron chi connectivity index (χ1n) is 6.61. The average molecular weight is 285 g/mol. The summed E-state index contributed by atoms with van der Waals surface area (Å²) in [4.78, 5) is 26.8. The maximum Gasteiger partial charge on any atom is 0.274 e. The standard InChI is InChI=1S/C16H15N3O2.2H2/c1-17-15(20)11-5-3-4-10(8-11)13-9-19(2)16(21)14-12(13)6-7-18-14;;/h3-9,18H,1-2H3,(H,17,20);2*1H. The van der Waals surface area contributed by atoms with Gasteiger partial charge in [0.05, 0.1) is 0 Å². The molecule has 3 aromatic rings. The Hall–Kier alpha value is -2.82. The van der Waals surface area contributed by atoms with Crippen LogP contribution in [0.15, 0.2) is 47.5 Å². The normalized spacial score (nSPS) is 10.8. The SMILES string of the molecule is CNC(=O)c1cccc(-c2cn(C)c(=O)c3[nH]ccc23)c1.[HH].[HH]. The van der Waals surface area contributed by atoms with E-state index in [2.05, 4.69) is 10.3 Å². The summed E-state index contributed by atoms with van der Waals surface area (Å²) in [7, 11) is 3.32. The number of nitrogens with one attached hydrogen (secondary N) is 2. The Kier molecular flexibility index (Phi) is 3.10. The van der Waals surface area contributed by atoms with Crippen molar-refractivity contribution in [1.82, 2.24) is 14.9 Å². The molecule has 0 saturated carbocycles. The Morgan fingerprint density at radius 3 is 2.90 bits per heavy atom. The highest BCUT2D eigenvalue weighted by Gasteiger charge is 2.11. The van der Waals surface area contributed by atoms with Crippen molar-refractivity contribution in [3.05, 3.63) is 58.6 Å². The van der Waals surface area contributed by atoms with E-state index in [0.717, 1.165) is 16.5 Å². The molecule has 5 nitrogen and oxygen atoms in total. The number of hydrogen-bond acceptors (Lipinski definition) is 2. The number of H-pyrrole nitrogens is 1. The van der Waals surface area contributed by atoms with Crippen molar-refractivity contribution in [3.63, 3.8) is 0 Å². The zero-order valence-corrected chi connectivity index (χ0v) is 11.8. The van der Waals surface area contributed by atoms with Crippen molar-refractivity contribution in [2.75, 3.05) is 7.05 Å². The van der Waals surface area contributed by atoms with E-state index < -0.39 is 0 Å². The first kappa shape index (κ1) is 13.2. The largest absolute Gasteiger partial charge is 0.357 e. The zero-order chi connectivity index (χ0) is 15.0. The van der Waals surface area contributed by atoms with E-state index >= 15 is 0 Å². The van der Waals surface area contributed by atoms with Crippen LogP contribution >= 0.6 is 0 Å². The van der Waals surface area contributed by atoms with E-state index in [1.165, 1.54) is 0 Å². The van der Waals surface area contributed by atoms with E-state index in [0.29, 0.717) is 11.1 Å². The molecule has 21 heavy (non-hydrogen) atoms. The number of carbonyl (C=O) groups is 1. The van der Waals surface area contributed by atoms with Crippen LogP contribution in [-0.4, -0.2) is 22.5 Å². The van der Waals surface area contributed by atoms with Crippen molar-refractivity contribution in [3.8, 4) is 11.1 Å². The fraction of sp³-hybridized carbons (Fsp3) is 0.125. The Balaban J connectivity index is 0.00000132. The van der Waals surface area contributed by atoms with Gasteiger partial charge in [0.25, 0.3) is 11.5 Å². The summed E-state index contributed by atoms with van der Waals surface area (Å²) in [6, 6.07) is 9.23. The minimum atomic E-state index is -0.132. The predicted molar refractivity (Wildman–Crippen MR) is 86.6 cm³/mol. The molecule has 0 aliphatic carbocycles. The zero-order valence-electron chi connectivity index (χ0n) is 11.8. The number of aromatic amines is 1. The molecular formula is C16H19N3O2. The molecule has 0 aliphatic rings. The van der Waals surface area contributed by atoms with Crippen LogP contribution in [0.1, 0.15) is 13.2 Å². The third-order valence-electron chi connectivity index (χ3n) is 3.56. The number of pyridine rings is 1. The van der Waals surface area contributed by atoms with Crippen LogP contribution < -0.4 is 10.9 Å². The van der Waals surface area contributed by atoms with E-state index in [4.69, 9.17) is 0 Å². The summed E-state index contributed by atoms with van der Waals surface area (Å²) in [5.74, 6) is -0.132. The molecule has 0 saturated heterocycles. The lowest BCUT2D eigenvalue weighted by molar-refractivity contribution is 0.0963. The van der Waals surface area contributed by atoms with Crippen molar-refractivity contribution >= 4 is 16.8 Å². The van der Waals surface area contributed by atoms with Gasteiger partial charge in [-0.2, -0.15) is 0 Å². The van der Waals surface area contributed by atoms with E-state index in [-0.39, 0.29) is 14.3 Å². The molecule has 0 radical (unpaired) electrons. The summed E-state index contributed by atoms with van der Waals surface area (Å²) >= 11 is 0. The number of rotatable bonds is 2. The number of benzene rings is 1. The topological polar surface area (TPSA) is 66.9 Å². The molecule has 0 atom stereocenters. The number of hydrogen-bond donors (Lipinski definition) is 2. The van der Waals surface area contributed by atoms with Gasteiger partial charge < -0.3 is 14.9 Å². The number of amides is 1. The quantitative estimate of drug-likeness (QED) is 0.759. The van der Waals surface area contributed by atoms with Crippen molar-refractivity contribution in [2.45, 2.75) is 0 Å². The predicted octanol–water partition coefficient (Wildman–Crippen LogP) is 2.39. The van der Waals surface area contributed by atoms with Gasteiger partial charge in [0.15, 0.2) is 0 Å². The molecule has 0 unspecified atom stereocenters. The van der Waals surface area contributed by atoms with E-state index in [1.54, 1.807) is 37.1 Å². The highest BCUT2D eigenvalue weighted by Crippen LogP contribution is 2.26. The molecule has 3 rings (SSSR count). The lowest BCUT2D eigenvalue weighted by Gasteiger charge is -2.08. The van der Waals surface area contributed by atoms with Crippen LogP contribution in [0.25, 0.3) is 22.0 Å². The number of fused-ring (bicyclic) bond motifs is 1. The number of aryl methyl sites for hydroxylation is 1. The maximum atomic E-state index is 12.1. The fourth-order valence-corrected chi connectivity index (χ4v) is 2.47. The van der Waals surface area contributed by atoms with Gasteiger partial charge in [-0.25, -0.2) is 0 Å². The van der Waals surface area contributed by atoms with Crippen LogP contribution in [-0.2, 0) is 7.05 Å². The molecule has 5 heteroatoms. The lowest BCUT2D eigenvalue weighted by atomic mass is 10.0. The van der Waals surface area contributed by atoms with Crippen molar-refractivity contribution in [2.24, 2.45) is 7.05 Å². The molecule has 0 fully saturated rings. The smallest absolute Gasteiger partial charge is 0.274 e. The van der Waals surface area contributed by atoms with Gasteiger partial charge in [0.2, 0.25) is 0 Å². The van der Waals surface area contributed by atoms with Crippen LogP contribution in [0.5, 0.6) is 0 Å². The summed E-state index contributed by atoms with van der Waals surface area (Å²) in [5, 5.41) is 3.47. The lowest BCUT2D eigenvalue weighted by Crippen LogP contribution is -2.18. The second-order valence-corrected chi connectivity index (χ2v) is 4.89. The molecular weight excluding hydrogens is 266 g/mol. The van der Waals surface area contributed by atoms with Crippen LogP contribution in [0.2, 0.25) is 0 Å². The molecule has 2 N–H and O–H groups in total. The molecule has 2 heterocycles. The van der Waals surface area contributed by atoms with Crippen molar-refractivity contribution in [1.29, 1.82) is 0 Å². The Bertz CT molecular complexity index is 900. The molecule has 0 spiro atoms. The summed E-state index contributed by atoms with van der Waals surface area (Å²) in [6.45, 7) is 0. The summed E-state index contributed by atoms with van der Waals surface area (Å²) in [6.07, 6.45) is 3.54. The third-order valence-corrected chi connectivity index (χ3v) is 3.56. The first-order chi connectivity index (χ1) is 10.1. The Morgan fingerprint density at radius 1 is 1.33 bits per heavy atom. The highest BCUT2D eigenvalue weighted by molar-refractivity contribution is 5.98. The second-order valence-electron chi connectivity index (χ2n) is 4.89. The van der Waals surface area contributed by atoms with Crippen LogP contribution in [0, 0.1) is 0 Å². The van der Waals surface area contributed by atoms with Gasteiger partial charge >= 0.3 is 0 Å².